The van der Waals surface area contributed by atoms with Gasteiger partial charge < -0.3 is 14.2 Å². The van der Waals surface area contributed by atoms with Crippen molar-refractivity contribution in [2.45, 2.75) is 26.7 Å². The summed E-state index contributed by atoms with van der Waals surface area (Å²) in [6.45, 7) is 4.39. The predicted octanol–water partition coefficient (Wildman–Crippen LogP) is 2.59. The van der Waals surface area contributed by atoms with Gasteiger partial charge in [0.15, 0.2) is 6.61 Å². The van der Waals surface area contributed by atoms with E-state index in [9.17, 15) is 9.59 Å². The lowest BCUT2D eigenvalue weighted by Crippen LogP contribution is -2.15. The number of ether oxygens (including phenoxy) is 3. The fourth-order valence-electron chi connectivity index (χ4n) is 1.42. The molecule has 0 unspecified atom stereocenters. The zero-order valence-electron chi connectivity index (χ0n) is 11.9. The monoisotopic (exact) mass is 280 g/mol. The highest BCUT2D eigenvalue weighted by atomic mass is 16.6. The van der Waals surface area contributed by atoms with Crippen LogP contribution in [0.15, 0.2) is 24.3 Å². The van der Waals surface area contributed by atoms with Crippen LogP contribution in [0.4, 0.5) is 0 Å². The maximum absolute atomic E-state index is 11.4. The molecule has 0 saturated carbocycles. The summed E-state index contributed by atoms with van der Waals surface area (Å²) in [5, 5.41) is 0. The molecule has 0 N–H and O–H groups in total. The second-order valence-corrected chi connectivity index (χ2v) is 4.11. The van der Waals surface area contributed by atoms with Crippen molar-refractivity contribution in [1.82, 2.24) is 0 Å². The first-order valence-electron chi connectivity index (χ1n) is 6.73. The topological polar surface area (TPSA) is 61.8 Å². The lowest BCUT2D eigenvalue weighted by atomic mass is 10.2. The zero-order chi connectivity index (χ0) is 14.8. The van der Waals surface area contributed by atoms with Gasteiger partial charge in [0.05, 0.1) is 18.8 Å². The number of hydrogen-bond acceptors (Lipinski definition) is 5. The van der Waals surface area contributed by atoms with Crippen molar-refractivity contribution in [3.8, 4) is 5.75 Å². The molecule has 0 spiro atoms. The van der Waals surface area contributed by atoms with E-state index >= 15 is 0 Å². The Hall–Kier alpha value is -2.04. The van der Waals surface area contributed by atoms with Crippen molar-refractivity contribution in [2.75, 3.05) is 19.8 Å². The molecule has 0 bridgehead atoms. The van der Waals surface area contributed by atoms with E-state index in [2.05, 4.69) is 0 Å². The fourth-order valence-corrected chi connectivity index (χ4v) is 1.42. The summed E-state index contributed by atoms with van der Waals surface area (Å²) in [4.78, 5) is 22.8. The molecule has 1 aromatic carbocycles. The van der Waals surface area contributed by atoms with Crippen LogP contribution in [0.25, 0.3) is 0 Å². The first-order chi connectivity index (χ1) is 9.67. The quantitative estimate of drug-likeness (QED) is 0.541. The van der Waals surface area contributed by atoms with Crippen LogP contribution >= 0.6 is 0 Å². The van der Waals surface area contributed by atoms with Gasteiger partial charge in [0.25, 0.3) is 0 Å². The highest BCUT2D eigenvalue weighted by molar-refractivity contribution is 5.89. The van der Waals surface area contributed by atoms with Gasteiger partial charge in [0.2, 0.25) is 0 Å². The van der Waals surface area contributed by atoms with Crippen molar-refractivity contribution < 1.29 is 23.8 Å². The van der Waals surface area contributed by atoms with E-state index in [1.807, 2.05) is 6.92 Å². The molecule has 0 heterocycles. The molecule has 0 radical (unpaired) electrons. The smallest absolute Gasteiger partial charge is 0.344 e. The van der Waals surface area contributed by atoms with E-state index in [0.717, 1.165) is 12.8 Å². The van der Waals surface area contributed by atoms with Gasteiger partial charge in [-0.3, -0.25) is 0 Å². The van der Waals surface area contributed by atoms with Crippen molar-refractivity contribution in [3.05, 3.63) is 29.8 Å². The van der Waals surface area contributed by atoms with Gasteiger partial charge in [-0.25, -0.2) is 9.59 Å². The normalized spacial score (nSPS) is 9.90. The highest BCUT2D eigenvalue weighted by Crippen LogP contribution is 2.13. The van der Waals surface area contributed by atoms with E-state index in [4.69, 9.17) is 14.2 Å². The third-order valence-electron chi connectivity index (χ3n) is 2.48. The van der Waals surface area contributed by atoms with E-state index < -0.39 is 5.97 Å². The van der Waals surface area contributed by atoms with Crippen LogP contribution in [0.1, 0.15) is 37.0 Å². The van der Waals surface area contributed by atoms with Crippen LogP contribution in [-0.2, 0) is 14.3 Å². The largest absolute Gasteiger partial charge is 0.482 e. The molecular weight excluding hydrogens is 260 g/mol. The van der Waals surface area contributed by atoms with Gasteiger partial charge in [-0.15, -0.1) is 0 Å². The molecule has 1 aromatic rings. The third kappa shape index (κ3) is 5.73. The number of carbonyl (C=O) groups excluding carboxylic acids is 2. The van der Waals surface area contributed by atoms with Crippen LogP contribution in [0, 0.1) is 0 Å². The Morgan fingerprint density at radius 3 is 2.35 bits per heavy atom. The maximum atomic E-state index is 11.4. The van der Waals surface area contributed by atoms with Crippen molar-refractivity contribution >= 4 is 11.9 Å². The Kier molecular flexibility index (Phi) is 7.17. The number of benzene rings is 1. The van der Waals surface area contributed by atoms with E-state index in [0.29, 0.717) is 24.5 Å². The third-order valence-corrected chi connectivity index (χ3v) is 2.48. The molecule has 110 valence electrons. The van der Waals surface area contributed by atoms with E-state index in [1.54, 1.807) is 31.2 Å². The van der Waals surface area contributed by atoms with E-state index in [-0.39, 0.29) is 12.6 Å². The molecule has 0 fully saturated rings. The first-order valence-corrected chi connectivity index (χ1v) is 6.73. The Balaban J connectivity index is 2.38. The van der Waals surface area contributed by atoms with Gasteiger partial charge in [0.1, 0.15) is 5.75 Å². The molecule has 0 aliphatic rings. The molecule has 20 heavy (non-hydrogen) atoms. The Morgan fingerprint density at radius 2 is 1.75 bits per heavy atom. The predicted molar refractivity (Wildman–Crippen MR) is 73.8 cm³/mol. The van der Waals surface area contributed by atoms with Gasteiger partial charge in [-0.05, 0) is 37.6 Å². The van der Waals surface area contributed by atoms with Gasteiger partial charge in [0, 0.05) is 0 Å². The average molecular weight is 280 g/mol. The average Bonchev–Trinajstić information content (AvgIpc) is 2.46. The Labute approximate surface area is 118 Å². The van der Waals surface area contributed by atoms with E-state index in [1.165, 1.54) is 0 Å². The molecule has 0 amide bonds. The van der Waals surface area contributed by atoms with Crippen molar-refractivity contribution in [3.63, 3.8) is 0 Å². The van der Waals surface area contributed by atoms with Crippen LogP contribution in [0.5, 0.6) is 5.75 Å². The fraction of sp³-hybridized carbons (Fsp3) is 0.467. The Bertz CT molecular complexity index is 424. The first kappa shape index (κ1) is 16.0. The number of rotatable bonds is 8. The van der Waals surface area contributed by atoms with Crippen LogP contribution < -0.4 is 4.74 Å². The summed E-state index contributed by atoms with van der Waals surface area (Å²) in [7, 11) is 0. The minimum absolute atomic E-state index is 0.136. The molecule has 0 atom stereocenters. The molecule has 0 aromatic heterocycles. The van der Waals surface area contributed by atoms with Crippen LogP contribution in [0.2, 0.25) is 0 Å². The zero-order valence-corrected chi connectivity index (χ0v) is 11.9. The summed E-state index contributed by atoms with van der Waals surface area (Å²) in [5.74, 6) is -0.267. The molecule has 5 nitrogen and oxygen atoms in total. The summed E-state index contributed by atoms with van der Waals surface area (Å²) in [5.41, 5.74) is 0.449. The number of unbranched alkanes of at least 4 members (excludes halogenated alkanes) is 1. The molecule has 0 aliphatic heterocycles. The number of hydrogen-bond donors (Lipinski definition) is 0. The molecule has 1 rings (SSSR count). The summed E-state index contributed by atoms with van der Waals surface area (Å²) >= 11 is 0. The summed E-state index contributed by atoms with van der Waals surface area (Å²) < 4.78 is 15.1. The number of esters is 2. The molecule has 5 heteroatoms. The number of carbonyl (C=O) groups is 2. The molecule has 0 saturated heterocycles. The minimum atomic E-state index is -0.395. The summed E-state index contributed by atoms with van der Waals surface area (Å²) in [6, 6.07) is 6.42. The molecule has 0 aliphatic carbocycles. The van der Waals surface area contributed by atoms with Gasteiger partial charge in [-0.2, -0.15) is 0 Å². The standard InChI is InChI=1S/C15H20O5/c1-3-5-10-19-14(16)11-20-13-8-6-12(7-9-13)15(17)18-4-2/h6-9H,3-5,10-11H2,1-2H3. The van der Waals surface area contributed by atoms with Gasteiger partial charge >= 0.3 is 11.9 Å². The minimum Gasteiger partial charge on any atom is -0.482 e. The second kappa shape index (κ2) is 8.96. The van der Waals surface area contributed by atoms with Crippen molar-refractivity contribution in [1.29, 1.82) is 0 Å². The van der Waals surface area contributed by atoms with Crippen LogP contribution in [0.3, 0.4) is 0 Å². The van der Waals surface area contributed by atoms with Crippen LogP contribution in [-0.4, -0.2) is 31.8 Å². The molecular formula is C15H20O5. The second-order valence-electron chi connectivity index (χ2n) is 4.11. The van der Waals surface area contributed by atoms with Gasteiger partial charge in [-0.1, -0.05) is 13.3 Å². The van der Waals surface area contributed by atoms with Crippen molar-refractivity contribution in [2.24, 2.45) is 0 Å². The lowest BCUT2D eigenvalue weighted by Gasteiger charge is -2.07. The summed E-state index contributed by atoms with van der Waals surface area (Å²) in [6.07, 6.45) is 1.82. The SMILES string of the molecule is CCCCOC(=O)COc1ccc(C(=O)OCC)cc1. The lowest BCUT2D eigenvalue weighted by molar-refractivity contribution is -0.146. The maximum Gasteiger partial charge on any atom is 0.344 e. The highest BCUT2D eigenvalue weighted by Gasteiger charge is 2.07. The Morgan fingerprint density at radius 1 is 1.05 bits per heavy atom.